The van der Waals surface area contributed by atoms with Gasteiger partial charge in [-0.15, -0.1) is 0 Å². The van der Waals surface area contributed by atoms with Gasteiger partial charge in [-0.3, -0.25) is 4.90 Å². The fraction of sp³-hybridized carbons (Fsp3) is 0.810. The third kappa shape index (κ3) is 1.69. The van der Waals surface area contributed by atoms with E-state index in [-0.39, 0.29) is 6.04 Å². The molecule has 2 heterocycles. The molecule has 2 saturated heterocycles. The van der Waals surface area contributed by atoms with Gasteiger partial charge in [-0.1, -0.05) is 12.0 Å². The topological polar surface area (TPSA) is 73.2 Å². The van der Waals surface area contributed by atoms with Crippen LogP contribution in [0.2, 0.25) is 0 Å². The minimum Gasteiger partial charge on any atom is -0.508 e. The first kappa shape index (κ1) is 16.0. The SMILES string of the molecule is OC1=C2OC3[C@@H](O)CC[C@@]4(O)[C@H]5CC(=C2[C@@]34CCN5CC2CCC2)CC1. The third-order valence-electron chi connectivity index (χ3n) is 8.57. The molecular formula is C21H29NO4. The molecule has 2 saturated carbocycles. The summed E-state index contributed by atoms with van der Waals surface area (Å²) in [5, 5.41) is 33.3. The van der Waals surface area contributed by atoms with Crippen molar-refractivity contribution in [1.29, 1.82) is 0 Å². The summed E-state index contributed by atoms with van der Waals surface area (Å²) in [5.41, 5.74) is 1.06. The second-order valence-electron chi connectivity index (χ2n) is 9.56. The van der Waals surface area contributed by atoms with Crippen LogP contribution < -0.4 is 0 Å². The first-order valence-corrected chi connectivity index (χ1v) is 10.5. The van der Waals surface area contributed by atoms with Crippen molar-refractivity contribution in [2.45, 2.75) is 81.6 Å². The van der Waals surface area contributed by atoms with Gasteiger partial charge in [-0.2, -0.15) is 0 Å². The molecule has 0 radical (unpaired) electrons. The lowest BCUT2D eigenvalue weighted by Gasteiger charge is -2.64. The van der Waals surface area contributed by atoms with E-state index in [1.165, 1.54) is 24.8 Å². The van der Waals surface area contributed by atoms with Crippen molar-refractivity contribution in [3.8, 4) is 0 Å². The molecule has 5 atom stereocenters. The van der Waals surface area contributed by atoms with Crippen LogP contribution in [0.4, 0.5) is 0 Å². The minimum absolute atomic E-state index is 0.133. The summed E-state index contributed by atoms with van der Waals surface area (Å²) in [6.45, 7) is 2.06. The Labute approximate surface area is 154 Å². The van der Waals surface area contributed by atoms with Crippen LogP contribution in [0.5, 0.6) is 0 Å². The van der Waals surface area contributed by atoms with Crippen LogP contribution in [0.3, 0.4) is 0 Å². The molecule has 1 spiro atoms. The Morgan fingerprint density at radius 3 is 2.77 bits per heavy atom. The van der Waals surface area contributed by atoms with E-state index in [1.54, 1.807) is 0 Å². The highest BCUT2D eigenvalue weighted by Crippen LogP contribution is 2.68. The predicted octanol–water partition coefficient (Wildman–Crippen LogP) is 2.40. The van der Waals surface area contributed by atoms with E-state index in [0.29, 0.717) is 30.8 Å². The van der Waals surface area contributed by atoms with Crippen molar-refractivity contribution in [2.24, 2.45) is 11.3 Å². The number of allylic oxidation sites excluding steroid dienone is 2. The van der Waals surface area contributed by atoms with E-state index in [1.807, 2.05) is 0 Å². The summed E-state index contributed by atoms with van der Waals surface area (Å²) in [7, 11) is 0. The highest BCUT2D eigenvalue weighted by Gasteiger charge is 2.74. The second kappa shape index (κ2) is 5.06. The summed E-state index contributed by atoms with van der Waals surface area (Å²) in [4.78, 5) is 2.56. The number of piperidine rings is 1. The van der Waals surface area contributed by atoms with Crippen LogP contribution >= 0.6 is 0 Å². The number of rotatable bonds is 2. The Morgan fingerprint density at radius 1 is 1.15 bits per heavy atom. The maximum atomic E-state index is 12.1. The molecule has 26 heavy (non-hydrogen) atoms. The smallest absolute Gasteiger partial charge is 0.161 e. The van der Waals surface area contributed by atoms with Gasteiger partial charge in [0.1, 0.15) is 11.9 Å². The lowest BCUT2D eigenvalue weighted by molar-refractivity contribution is -0.231. The van der Waals surface area contributed by atoms with Gasteiger partial charge >= 0.3 is 0 Å². The number of nitrogens with zero attached hydrogens (tertiary/aromatic N) is 1. The molecule has 5 heteroatoms. The molecule has 6 rings (SSSR count). The zero-order valence-corrected chi connectivity index (χ0v) is 15.3. The van der Waals surface area contributed by atoms with E-state index in [4.69, 9.17) is 4.74 Å². The molecule has 2 bridgehead atoms. The molecule has 142 valence electrons. The number of ether oxygens (including phenoxy) is 1. The van der Waals surface area contributed by atoms with Gasteiger partial charge in [0, 0.05) is 24.6 Å². The summed E-state index contributed by atoms with van der Waals surface area (Å²) >= 11 is 0. The second-order valence-corrected chi connectivity index (χ2v) is 9.56. The first-order valence-electron chi connectivity index (χ1n) is 10.5. The van der Waals surface area contributed by atoms with Crippen molar-refractivity contribution in [2.75, 3.05) is 13.1 Å². The van der Waals surface area contributed by atoms with Gasteiger partial charge in [0.25, 0.3) is 0 Å². The average molecular weight is 359 g/mol. The highest BCUT2D eigenvalue weighted by molar-refractivity contribution is 5.53. The zero-order valence-electron chi connectivity index (χ0n) is 15.3. The Hall–Kier alpha value is -1.04. The average Bonchev–Trinajstić information content (AvgIpc) is 2.93. The predicted molar refractivity (Wildman–Crippen MR) is 95.3 cm³/mol. The molecule has 1 unspecified atom stereocenters. The van der Waals surface area contributed by atoms with Crippen molar-refractivity contribution in [1.82, 2.24) is 4.90 Å². The van der Waals surface area contributed by atoms with Crippen molar-refractivity contribution >= 4 is 0 Å². The summed E-state index contributed by atoms with van der Waals surface area (Å²) < 4.78 is 6.21. The van der Waals surface area contributed by atoms with Crippen LogP contribution in [0.25, 0.3) is 0 Å². The van der Waals surface area contributed by atoms with Crippen LogP contribution in [-0.4, -0.2) is 57.2 Å². The maximum Gasteiger partial charge on any atom is 0.161 e. The lowest BCUT2D eigenvalue weighted by Crippen LogP contribution is -2.74. The monoisotopic (exact) mass is 359 g/mol. The van der Waals surface area contributed by atoms with E-state index < -0.39 is 23.2 Å². The Balaban J connectivity index is 1.50. The van der Waals surface area contributed by atoms with E-state index >= 15 is 0 Å². The van der Waals surface area contributed by atoms with Crippen LogP contribution in [-0.2, 0) is 4.74 Å². The summed E-state index contributed by atoms with van der Waals surface area (Å²) in [6.07, 6.45) is 7.44. The van der Waals surface area contributed by atoms with Gasteiger partial charge < -0.3 is 20.1 Å². The standard InChI is InChI=1S/C21H29NO4/c23-14-5-4-13-10-16-21(25)7-6-15(24)19-20(21,17(13)18(14)26-19)8-9-22(16)11-12-2-1-3-12/h12,15-16,19,23-25H,1-11H2/t15-,16+,19?,20-,21+/m0/s1. The number of hydrogen-bond donors (Lipinski definition) is 3. The molecule has 0 aromatic heterocycles. The number of aliphatic hydroxyl groups excluding tert-OH is 2. The maximum absolute atomic E-state index is 12.1. The molecule has 4 aliphatic carbocycles. The van der Waals surface area contributed by atoms with Gasteiger partial charge in [-0.25, -0.2) is 0 Å². The van der Waals surface area contributed by atoms with Crippen LogP contribution in [0, 0.1) is 11.3 Å². The van der Waals surface area contributed by atoms with Crippen molar-refractivity contribution in [3.63, 3.8) is 0 Å². The summed E-state index contributed by atoms with van der Waals surface area (Å²) in [6, 6.07) is 0.133. The van der Waals surface area contributed by atoms with Gasteiger partial charge in [0.15, 0.2) is 5.76 Å². The van der Waals surface area contributed by atoms with E-state index in [0.717, 1.165) is 43.8 Å². The highest BCUT2D eigenvalue weighted by atomic mass is 16.5. The molecule has 3 N–H and O–H groups in total. The molecule has 2 aliphatic heterocycles. The molecule has 5 nitrogen and oxygen atoms in total. The quantitative estimate of drug-likeness (QED) is 0.706. The number of hydrogen-bond acceptors (Lipinski definition) is 5. The third-order valence-corrected chi connectivity index (χ3v) is 8.57. The van der Waals surface area contributed by atoms with Crippen LogP contribution in [0.15, 0.2) is 22.7 Å². The van der Waals surface area contributed by atoms with Gasteiger partial charge in [0.2, 0.25) is 0 Å². The fourth-order valence-corrected chi connectivity index (χ4v) is 7.13. The Bertz CT molecular complexity index is 726. The largest absolute Gasteiger partial charge is 0.508 e. The first-order chi connectivity index (χ1) is 12.5. The number of aliphatic hydroxyl groups is 3. The summed E-state index contributed by atoms with van der Waals surface area (Å²) in [5.74, 6) is 1.71. The zero-order chi connectivity index (χ0) is 17.7. The minimum atomic E-state index is -0.850. The van der Waals surface area contributed by atoms with Crippen molar-refractivity contribution in [3.05, 3.63) is 22.7 Å². The molecule has 0 amide bonds. The molecule has 6 aliphatic rings. The van der Waals surface area contributed by atoms with Gasteiger partial charge in [0.05, 0.1) is 17.1 Å². The number of likely N-dealkylation sites (tertiary alicyclic amines) is 1. The Morgan fingerprint density at radius 2 is 2.00 bits per heavy atom. The lowest BCUT2D eigenvalue weighted by atomic mass is 9.48. The molecule has 0 aromatic rings. The fourth-order valence-electron chi connectivity index (χ4n) is 7.13. The van der Waals surface area contributed by atoms with Gasteiger partial charge in [-0.05, 0) is 57.4 Å². The van der Waals surface area contributed by atoms with Crippen LogP contribution in [0.1, 0.15) is 57.8 Å². The molecule has 4 fully saturated rings. The van der Waals surface area contributed by atoms with Crippen molar-refractivity contribution < 1.29 is 20.1 Å². The Kier molecular flexibility index (Phi) is 3.11. The van der Waals surface area contributed by atoms with E-state index in [9.17, 15) is 15.3 Å². The molecule has 0 aromatic carbocycles. The van der Waals surface area contributed by atoms with E-state index in [2.05, 4.69) is 4.90 Å². The normalized spacial score (nSPS) is 47.5. The molecular weight excluding hydrogens is 330 g/mol.